The lowest BCUT2D eigenvalue weighted by Crippen LogP contribution is -2.25. The van der Waals surface area contributed by atoms with E-state index in [0.717, 1.165) is 16.6 Å². The van der Waals surface area contributed by atoms with Crippen LogP contribution in [0.4, 0.5) is 5.69 Å². The SMILES string of the molecule is CC1CSC(Nc2cnn(C(C)C)c2)=NC1C. The number of aromatic nitrogens is 2. The third-order valence-electron chi connectivity index (χ3n) is 3.01. The molecule has 5 heteroatoms. The largest absolute Gasteiger partial charge is 0.332 e. The second kappa shape index (κ2) is 5.12. The number of rotatable bonds is 2. The first-order valence-corrected chi connectivity index (χ1v) is 7.06. The summed E-state index contributed by atoms with van der Waals surface area (Å²) >= 11 is 1.79. The van der Waals surface area contributed by atoms with E-state index >= 15 is 0 Å². The zero-order valence-corrected chi connectivity index (χ0v) is 11.7. The van der Waals surface area contributed by atoms with Crippen LogP contribution in [0.15, 0.2) is 17.4 Å². The highest BCUT2D eigenvalue weighted by Crippen LogP contribution is 2.23. The van der Waals surface area contributed by atoms with E-state index in [1.807, 2.05) is 17.1 Å². The van der Waals surface area contributed by atoms with Crippen molar-refractivity contribution < 1.29 is 0 Å². The van der Waals surface area contributed by atoms with Crippen molar-refractivity contribution in [2.75, 3.05) is 11.1 Å². The predicted molar refractivity (Wildman–Crippen MR) is 74.8 cm³/mol. The number of hydrogen-bond donors (Lipinski definition) is 1. The van der Waals surface area contributed by atoms with Crippen molar-refractivity contribution in [3.63, 3.8) is 0 Å². The first-order valence-electron chi connectivity index (χ1n) is 6.08. The van der Waals surface area contributed by atoms with Gasteiger partial charge in [-0.05, 0) is 26.7 Å². The lowest BCUT2D eigenvalue weighted by molar-refractivity contribution is 0.532. The minimum atomic E-state index is 0.394. The van der Waals surface area contributed by atoms with E-state index in [4.69, 9.17) is 0 Å². The number of nitrogens with zero attached hydrogens (tertiary/aromatic N) is 3. The summed E-state index contributed by atoms with van der Waals surface area (Å²) in [6, 6.07) is 0.796. The Kier molecular flexibility index (Phi) is 3.76. The van der Waals surface area contributed by atoms with Crippen LogP contribution in [0.1, 0.15) is 33.7 Å². The van der Waals surface area contributed by atoms with Gasteiger partial charge in [-0.1, -0.05) is 18.7 Å². The Morgan fingerprint density at radius 2 is 2.24 bits per heavy atom. The molecule has 0 saturated carbocycles. The number of thioether (sulfide) groups is 1. The van der Waals surface area contributed by atoms with Crippen molar-refractivity contribution in [2.45, 2.75) is 39.8 Å². The first kappa shape index (κ1) is 12.5. The third kappa shape index (κ3) is 3.03. The van der Waals surface area contributed by atoms with E-state index < -0.39 is 0 Å². The van der Waals surface area contributed by atoms with Gasteiger partial charge in [-0.2, -0.15) is 5.10 Å². The van der Waals surface area contributed by atoms with Crippen LogP contribution in [-0.2, 0) is 0 Å². The van der Waals surface area contributed by atoms with Gasteiger partial charge in [0.2, 0.25) is 0 Å². The molecule has 0 spiro atoms. The lowest BCUT2D eigenvalue weighted by Gasteiger charge is -2.23. The molecule has 0 aromatic carbocycles. The molecule has 2 rings (SSSR count). The molecule has 0 fully saturated rings. The minimum Gasteiger partial charge on any atom is -0.332 e. The average molecular weight is 252 g/mol. The molecule has 94 valence electrons. The molecule has 0 aliphatic carbocycles. The van der Waals surface area contributed by atoms with Gasteiger partial charge in [0.05, 0.1) is 17.9 Å². The van der Waals surface area contributed by atoms with Crippen LogP contribution in [0, 0.1) is 5.92 Å². The van der Waals surface area contributed by atoms with Gasteiger partial charge in [0.25, 0.3) is 0 Å². The molecule has 1 aromatic rings. The van der Waals surface area contributed by atoms with Gasteiger partial charge >= 0.3 is 0 Å². The molecule has 0 radical (unpaired) electrons. The maximum atomic E-state index is 4.64. The summed E-state index contributed by atoms with van der Waals surface area (Å²) in [5, 5.41) is 8.65. The summed E-state index contributed by atoms with van der Waals surface area (Å²) in [4.78, 5) is 4.64. The zero-order chi connectivity index (χ0) is 12.4. The van der Waals surface area contributed by atoms with Crippen molar-refractivity contribution >= 4 is 22.6 Å². The quantitative estimate of drug-likeness (QED) is 0.879. The molecular formula is C12H20N4S. The van der Waals surface area contributed by atoms with Gasteiger partial charge in [-0.25, -0.2) is 0 Å². The highest BCUT2D eigenvalue weighted by molar-refractivity contribution is 8.14. The molecule has 0 bridgehead atoms. The monoisotopic (exact) mass is 252 g/mol. The minimum absolute atomic E-state index is 0.394. The second-order valence-electron chi connectivity index (χ2n) is 4.89. The summed E-state index contributed by atoms with van der Waals surface area (Å²) in [7, 11) is 0. The number of amidine groups is 1. The molecule has 0 saturated heterocycles. The van der Waals surface area contributed by atoms with Crippen molar-refractivity contribution in [3.05, 3.63) is 12.4 Å². The van der Waals surface area contributed by atoms with Gasteiger partial charge in [0.1, 0.15) is 0 Å². The lowest BCUT2D eigenvalue weighted by atomic mass is 10.1. The Morgan fingerprint density at radius 3 is 2.82 bits per heavy atom. The number of aliphatic imine (C=N–C) groups is 1. The third-order valence-corrected chi connectivity index (χ3v) is 4.18. The standard InChI is InChI=1S/C12H20N4S/c1-8(2)16-6-11(5-13-16)15-12-14-10(4)9(3)7-17-12/h5-6,8-10H,7H2,1-4H3,(H,14,15). The van der Waals surface area contributed by atoms with Crippen LogP contribution >= 0.6 is 11.8 Å². The molecule has 1 N–H and O–H groups in total. The van der Waals surface area contributed by atoms with Crippen LogP contribution in [0.3, 0.4) is 0 Å². The van der Waals surface area contributed by atoms with E-state index in [9.17, 15) is 0 Å². The number of anilines is 1. The Labute approximate surface area is 107 Å². The fourth-order valence-electron chi connectivity index (χ4n) is 1.58. The van der Waals surface area contributed by atoms with Crippen LogP contribution in [-0.4, -0.2) is 26.7 Å². The molecule has 2 unspecified atom stereocenters. The topological polar surface area (TPSA) is 42.2 Å². The van der Waals surface area contributed by atoms with Crippen molar-refractivity contribution in [1.82, 2.24) is 9.78 Å². The predicted octanol–water partition coefficient (Wildman–Crippen LogP) is 3.00. The normalized spacial score (nSPS) is 24.9. The van der Waals surface area contributed by atoms with Crippen LogP contribution in [0.5, 0.6) is 0 Å². The van der Waals surface area contributed by atoms with Crippen LogP contribution in [0.2, 0.25) is 0 Å². The molecule has 0 amide bonds. The number of hydrogen-bond acceptors (Lipinski definition) is 4. The molecule has 4 nitrogen and oxygen atoms in total. The highest BCUT2D eigenvalue weighted by Gasteiger charge is 2.19. The van der Waals surface area contributed by atoms with Gasteiger partial charge in [0.15, 0.2) is 5.17 Å². The molecule has 1 aliphatic heterocycles. The van der Waals surface area contributed by atoms with E-state index in [1.54, 1.807) is 11.8 Å². The first-order chi connectivity index (χ1) is 8.06. The smallest absolute Gasteiger partial charge is 0.161 e. The maximum absolute atomic E-state index is 4.64. The van der Waals surface area contributed by atoms with E-state index in [0.29, 0.717) is 18.0 Å². The van der Waals surface area contributed by atoms with E-state index in [-0.39, 0.29) is 0 Å². The van der Waals surface area contributed by atoms with E-state index in [1.165, 1.54) is 0 Å². The van der Waals surface area contributed by atoms with Crippen molar-refractivity contribution in [3.8, 4) is 0 Å². The van der Waals surface area contributed by atoms with Crippen molar-refractivity contribution in [1.29, 1.82) is 0 Å². The van der Waals surface area contributed by atoms with Gasteiger partial charge in [-0.3, -0.25) is 9.67 Å². The molecule has 17 heavy (non-hydrogen) atoms. The molecule has 2 atom stereocenters. The van der Waals surface area contributed by atoms with Gasteiger partial charge < -0.3 is 5.32 Å². The molecular weight excluding hydrogens is 232 g/mol. The average Bonchev–Trinajstić information content (AvgIpc) is 2.72. The van der Waals surface area contributed by atoms with Crippen molar-refractivity contribution in [2.24, 2.45) is 10.9 Å². The Bertz CT molecular complexity index is 410. The Hall–Kier alpha value is -0.970. The molecule has 2 heterocycles. The number of nitrogens with one attached hydrogen (secondary N) is 1. The summed E-state index contributed by atoms with van der Waals surface area (Å²) in [5.74, 6) is 1.79. The van der Waals surface area contributed by atoms with Crippen LogP contribution < -0.4 is 5.32 Å². The molecule has 1 aromatic heterocycles. The highest BCUT2D eigenvalue weighted by atomic mass is 32.2. The summed E-state index contributed by atoms with van der Waals surface area (Å²) in [6.07, 6.45) is 3.88. The fourth-order valence-corrected chi connectivity index (χ4v) is 2.71. The summed E-state index contributed by atoms with van der Waals surface area (Å²) < 4.78 is 1.95. The zero-order valence-electron chi connectivity index (χ0n) is 10.8. The maximum Gasteiger partial charge on any atom is 0.161 e. The fraction of sp³-hybridized carbons (Fsp3) is 0.667. The summed E-state index contributed by atoms with van der Waals surface area (Å²) in [6.45, 7) is 8.65. The van der Waals surface area contributed by atoms with E-state index in [2.05, 4.69) is 43.1 Å². The van der Waals surface area contributed by atoms with Gasteiger partial charge in [-0.15, -0.1) is 0 Å². The molecule has 1 aliphatic rings. The van der Waals surface area contributed by atoms with Gasteiger partial charge in [0, 0.05) is 18.0 Å². The summed E-state index contributed by atoms with van der Waals surface area (Å²) in [5.41, 5.74) is 1.02. The van der Waals surface area contributed by atoms with Crippen LogP contribution in [0.25, 0.3) is 0 Å². The Balaban J connectivity index is 2.03. The second-order valence-corrected chi connectivity index (χ2v) is 5.90. The Morgan fingerprint density at radius 1 is 1.47 bits per heavy atom.